The number of primary amides is 1. The zero-order valence-electron chi connectivity index (χ0n) is 15.9. The van der Waals surface area contributed by atoms with E-state index in [9.17, 15) is 18.0 Å². The van der Waals surface area contributed by atoms with Gasteiger partial charge < -0.3 is 15.4 Å². The average Bonchev–Trinajstić information content (AvgIpc) is 2.62. The van der Waals surface area contributed by atoms with Gasteiger partial charge in [0.05, 0.1) is 17.5 Å². The smallest absolute Gasteiger partial charge is 0.241 e. The van der Waals surface area contributed by atoms with E-state index in [1.807, 2.05) is 6.92 Å². The van der Waals surface area contributed by atoms with Crippen LogP contribution in [0.1, 0.15) is 32.3 Å². The van der Waals surface area contributed by atoms with Crippen molar-refractivity contribution >= 4 is 21.8 Å². The molecule has 1 heterocycles. The Balaban J connectivity index is 2.03. The molecular formula is C18H27N3O5S. The minimum absolute atomic E-state index is 0.0792. The molecule has 8 nitrogen and oxygen atoms in total. The van der Waals surface area contributed by atoms with Crippen LogP contribution in [0.2, 0.25) is 0 Å². The van der Waals surface area contributed by atoms with E-state index in [-0.39, 0.29) is 22.6 Å². The molecule has 0 spiro atoms. The molecule has 2 amide bonds. The number of hydrogen-bond donors (Lipinski definition) is 2. The van der Waals surface area contributed by atoms with E-state index in [1.165, 1.54) is 19.1 Å². The van der Waals surface area contributed by atoms with Crippen LogP contribution in [0.4, 0.5) is 0 Å². The molecule has 1 aromatic rings. The van der Waals surface area contributed by atoms with Gasteiger partial charge in [-0.2, -0.15) is 4.72 Å². The molecule has 0 unspecified atom stereocenters. The molecule has 0 saturated carbocycles. The summed E-state index contributed by atoms with van der Waals surface area (Å²) in [5.41, 5.74) is 6.00. The number of ether oxygens (including phenoxy) is 1. The van der Waals surface area contributed by atoms with Crippen molar-refractivity contribution in [3.8, 4) is 5.75 Å². The first-order chi connectivity index (χ1) is 12.7. The molecule has 0 aliphatic carbocycles. The van der Waals surface area contributed by atoms with Gasteiger partial charge in [0.1, 0.15) is 5.75 Å². The topological polar surface area (TPSA) is 119 Å². The van der Waals surface area contributed by atoms with Crippen LogP contribution < -0.4 is 15.2 Å². The number of nitrogens with zero attached hydrogens (tertiary/aromatic N) is 1. The Kier molecular flexibility index (Phi) is 6.83. The van der Waals surface area contributed by atoms with Crippen LogP contribution in [0.5, 0.6) is 5.75 Å². The number of nitrogens with one attached hydrogen (secondary N) is 1. The summed E-state index contributed by atoms with van der Waals surface area (Å²) in [7, 11) is -3.85. The van der Waals surface area contributed by atoms with Gasteiger partial charge >= 0.3 is 0 Å². The van der Waals surface area contributed by atoms with Gasteiger partial charge in [-0.3, -0.25) is 9.59 Å². The molecule has 3 N–H and O–H groups in total. The van der Waals surface area contributed by atoms with E-state index in [0.29, 0.717) is 43.9 Å². The third-order valence-electron chi connectivity index (χ3n) is 4.67. The fraction of sp³-hybridized carbons (Fsp3) is 0.556. The molecular weight excluding hydrogens is 370 g/mol. The molecule has 1 aliphatic heterocycles. The van der Waals surface area contributed by atoms with E-state index in [4.69, 9.17) is 10.5 Å². The number of likely N-dealkylation sites (tertiary alicyclic amines) is 1. The third kappa shape index (κ3) is 5.20. The highest BCUT2D eigenvalue weighted by Gasteiger charge is 2.30. The maximum atomic E-state index is 12.6. The van der Waals surface area contributed by atoms with Gasteiger partial charge in [0.25, 0.3) is 0 Å². The van der Waals surface area contributed by atoms with E-state index in [0.717, 1.165) is 0 Å². The Morgan fingerprint density at radius 1 is 1.33 bits per heavy atom. The summed E-state index contributed by atoms with van der Waals surface area (Å²) in [4.78, 5) is 25.4. The number of carbonyl (C=O) groups is 2. The van der Waals surface area contributed by atoms with Gasteiger partial charge in [-0.15, -0.1) is 0 Å². The number of nitrogens with two attached hydrogens (primary N) is 1. The van der Waals surface area contributed by atoms with Crippen molar-refractivity contribution in [2.45, 2.75) is 44.6 Å². The number of amides is 2. The summed E-state index contributed by atoms with van der Waals surface area (Å²) in [5.74, 6) is -0.281. The Labute approximate surface area is 160 Å². The van der Waals surface area contributed by atoms with Gasteiger partial charge in [0.15, 0.2) is 0 Å². The molecule has 0 radical (unpaired) electrons. The summed E-state index contributed by atoms with van der Waals surface area (Å²) in [6.07, 6.45) is 0.997. The molecule has 0 aromatic heterocycles. The molecule has 1 aromatic carbocycles. The molecule has 1 saturated heterocycles. The summed E-state index contributed by atoms with van der Waals surface area (Å²) < 4.78 is 33.1. The Bertz CT molecular complexity index is 801. The summed E-state index contributed by atoms with van der Waals surface area (Å²) in [6, 6.07) is 3.67. The van der Waals surface area contributed by atoms with E-state index >= 15 is 0 Å². The fourth-order valence-corrected chi connectivity index (χ4v) is 4.40. The molecule has 1 atom stereocenters. The van der Waals surface area contributed by atoms with Crippen molar-refractivity contribution in [2.75, 3.05) is 19.7 Å². The molecule has 0 bridgehead atoms. The monoisotopic (exact) mass is 397 g/mol. The zero-order chi connectivity index (χ0) is 20.2. The molecule has 150 valence electrons. The molecule has 9 heteroatoms. The lowest BCUT2D eigenvalue weighted by atomic mass is 9.96. The maximum absolute atomic E-state index is 12.6. The van der Waals surface area contributed by atoms with E-state index in [1.54, 1.807) is 17.9 Å². The minimum atomic E-state index is -3.85. The normalized spacial score (nSPS) is 16.8. The predicted octanol–water partition coefficient (Wildman–Crippen LogP) is 0.784. The average molecular weight is 397 g/mol. The van der Waals surface area contributed by atoms with Crippen LogP contribution in [0.3, 0.4) is 0 Å². The van der Waals surface area contributed by atoms with Gasteiger partial charge in [0, 0.05) is 19.0 Å². The predicted molar refractivity (Wildman–Crippen MR) is 101 cm³/mol. The van der Waals surface area contributed by atoms with E-state index < -0.39 is 16.1 Å². The van der Waals surface area contributed by atoms with Crippen molar-refractivity contribution < 1.29 is 22.7 Å². The Hall–Kier alpha value is -2.13. The lowest BCUT2D eigenvalue weighted by Gasteiger charge is -2.32. The Morgan fingerprint density at radius 2 is 1.96 bits per heavy atom. The van der Waals surface area contributed by atoms with Crippen LogP contribution in [-0.2, 0) is 19.6 Å². The number of aryl methyl sites for hydroxylation is 1. The highest BCUT2D eigenvalue weighted by molar-refractivity contribution is 7.89. The molecule has 1 fully saturated rings. The molecule has 27 heavy (non-hydrogen) atoms. The number of rotatable bonds is 7. The number of piperidine rings is 1. The van der Waals surface area contributed by atoms with Gasteiger partial charge in [-0.1, -0.05) is 0 Å². The van der Waals surface area contributed by atoms with Gasteiger partial charge in [0.2, 0.25) is 21.8 Å². The van der Waals surface area contributed by atoms with Crippen molar-refractivity contribution in [2.24, 2.45) is 11.7 Å². The second kappa shape index (κ2) is 8.71. The lowest BCUT2D eigenvalue weighted by Crippen LogP contribution is -2.50. The first-order valence-corrected chi connectivity index (χ1v) is 10.5. The van der Waals surface area contributed by atoms with E-state index in [2.05, 4.69) is 4.72 Å². The van der Waals surface area contributed by atoms with Crippen molar-refractivity contribution in [1.82, 2.24) is 9.62 Å². The minimum Gasteiger partial charge on any atom is -0.494 e. The summed E-state index contributed by atoms with van der Waals surface area (Å²) in [5, 5.41) is 0. The van der Waals surface area contributed by atoms with Crippen molar-refractivity contribution in [3.63, 3.8) is 0 Å². The second-order valence-electron chi connectivity index (χ2n) is 6.71. The zero-order valence-corrected chi connectivity index (χ0v) is 16.7. The fourth-order valence-electron chi connectivity index (χ4n) is 3.12. The number of hydrogen-bond acceptors (Lipinski definition) is 5. The van der Waals surface area contributed by atoms with Crippen LogP contribution in [0.25, 0.3) is 0 Å². The lowest BCUT2D eigenvalue weighted by molar-refractivity contribution is -0.136. The molecule has 2 rings (SSSR count). The SMILES string of the molecule is CCOc1ccc(S(=O)(=O)N[C@H](C)C(=O)N2CCC(C(N)=O)CC2)cc1C. The van der Waals surface area contributed by atoms with Crippen molar-refractivity contribution in [3.05, 3.63) is 23.8 Å². The van der Waals surface area contributed by atoms with Crippen molar-refractivity contribution in [1.29, 1.82) is 0 Å². The second-order valence-corrected chi connectivity index (χ2v) is 8.42. The third-order valence-corrected chi connectivity index (χ3v) is 6.21. The first kappa shape index (κ1) is 21.2. The van der Waals surface area contributed by atoms with Crippen LogP contribution >= 0.6 is 0 Å². The largest absolute Gasteiger partial charge is 0.494 e. The first-order valence-electron chi connectivity index (χ1n) is 8.99. The van der Waals surface area contributed by atoms with Crippen LogP contribution in [-0.4, -0.2) is 50.9 Å². The van der Waals surface area contributed by atoms with Gasteiger partial charge in [-0.05, 0) is 57.4 Å². The number of carbonyl (C=O) groups excluding carboxylic acids is 2. The van der Waals surface area contributed by atoms with Crippen LogP contribution in [0, 0.1) is 12.8 Å². The highest BCUT2D eigenvalue weighted by Crippen LogP contribution is 2.22. The maximum Gasteiger partial charge on any atom is 0.241 e. The molecule has 1 aliphatic rings. The standard InChI is InChI=1S/C18H27N3O5S/c1-4-26-16-6-5-15(11-12(16)2)27(24,25)20-13(3)18(23)21-9-7-14(8-10-21)17(19)22/h5-6,11,13-14,20H,4,7-10H2,1-3H3,(H2,19,22)/t13-/m1/s1. The number of sulfonamides is 1. The Morgan fingerprint density at radius 3 is 2.48 bits per heavy atom. The number of benzene rings is 1. The quantitative estimate of drug-likeness (QED) is 0.705. The van der Waals surface area contributed by atoms with Crippen LogP contribution in [0.15, 0.2) is 23.1 Å². The highest BCUT2D eigenvalue weighted by atomic mass is 32.2. The summed E-state index contributed by atoms with van der Waals surface area (Å²) in [6.45, 7) is 6.40. The van der Waals surface area contributed by atoms with Gasteiger partial charge in [-0.25, -0.2) is 8.42 Å². The summed E-state index contributed by atoms with van der Waals surface area (Å²) >= 11 is 0.